The van der Waals surface area contributed by atoms with Crippen LogP contribution in [0.3, 0.4) is 0 Å². The predicted octanol–water partition coefficient (Wildman–Crippen LogP) is 4.48. The second kappa shape index (κ2) is 5.26. The molecule has 0 bridgehead atoms. The van der Waals surface area contributed by atoms with E-state index in [0.717, 1.165) is 17.2 Å². The summed E-state index contributed by atoms with van der Waals surface area (Å²) in [5, 5.41) is 1.16. The van der Waals surface area contributed by atoms with Crippen LogP contribution in [0.2, 0.25) is 0 Å². The lowest BCUT2D eigenvalue weighted by Crippen LogP contribution is -2.20. The fourth-order valence-corrected chi connectivity index (χ4v) is 1.91. The van der Waals surface area contributed by atoms with E-state index in [4.69, 9.17) is 0 Å². The summed E-state index contributed by atoms with van der Waals surface area (Å²) >= 11 is 3.57. The summed E-state index contributed by atoms with van der Waals surface area (Å²) in [5.74, 6) is 1.68. The van der Waals surface area contributed by atoms with Gasteiger partial charge >= 0.3 is 0 Å². The fraction of sp³-hybridized carbons (Fsp3) is 1.00. The molecule has 0 saturated carbocycles. The van der Waals surface area contributed by atoms with Gasteiger partial charge in [0, 0.05) is 5.33 Å². The zero-order valence-electron chi connectivity index (χ0n) is 9.15. The average Bonchev–Trinajstić information content (AvgIpc) is 1.97. The van der Waals surface area contributed by atoms with Gasteiger partial charge in [-0.25, -0.2) is 0 Å². The standard InChI is InChI=1S/C11H23Br/c1-6-10(8-12)7-9(2)11(3,4)5/h9-10H,6-8H2,1-5H3. The summed E-state index contributed by atoms with van der Waals surface area (Å²) in [5.41, 5.74) is 0.468. The van der Waals surface area contributed by atoms with E-state index in [0.29, 0.717) is 5.41 Å². The van der Waals surface area contributed by atoms with E-state index in [1.54, 1.807) is 0 Å². The Kier molecular flexibility index (Phi) is 5.47. The van der Waals surface area contributed by atoms with Crippen molar-refractivity contribution in [2.45, 2.75) is 47.5 Å². The Bertz CT molecular complexity index is 109. The van der Waals surface area contributed by atoms with Crippen LogP contribution in [-0.2, 0) is 0 Å². The molecule has 2 atom stereocenters. The summed E-state index contributed by atoms with van der Waals surface area (Å²) < 4.78 is 0. The zero-order chi connectivity index (χ0) is 9.78. The minimum Gasteiger partial charge on any atom is -0.0925 e. The van der Waals surface area contributed by atoms with E-state index in [2.05, 4.69) is 50.5 Å². The van der Waals surface area contributed by atoms with Gasteiger partial charge < -0.3 is 0 Å². The topological polar surface area (TPSA) is 0 Å². The summed E-state index contributed by atoms with van der Waals surface area (Å²) in [6, 6.07) is 0. The van der Waals surface area contributed by atoms with Gasteiger partial charge in [0.25, 0.3) is 0 Å². The lowest BCUT2D eigenvalue weighted by Gasteiger charge is -2.29. The van der Waals surface area contributed by atoms with E-state index in [9.17, 15) is 0 Å². The van der Waals surface area contributed by atoms with Crippen molar-refractivity contribution in [3.63, 3.8) is 0 Å². The van der Waals surface area contributed by atoms with Gasteiger partial charge in [-0.15, -0.1) is 0 Å². The number of hydrogen-bond acceptors (Lipinski definition) is 0. The van der Waals surface area contributed by atoms with E-state index in [1.165, 1.54) is 12.8 Å². The molecule has 0 radical (unpaired) electrons. The average molecular weight is 235 g/mol. The largest absolute Gasteiger partial charge is 0.0925 e. The quantitative estimate of drug-likeness (QED) is 0.630. The Balaban J connectivity index is 3.90. The molecule has 0 aromatic rings. The molecule has 0 rings (SSSR count). The first kappa shape index (κ1) is 12.5. The van der Waals surface area contributed by atoms with Gasteiger partial charge in [0.15, 0.2) is 0 Å². The number of hydrogen-bond donors (Lipinski definition) is 0. The fourth-order valence-electron chi connectivity index (χ4n) is 1.19. The van der Waals surface area contributed by atoms with Crippen molar-refractivity contribution in [2.24, 2.45) is 17.3 Å². The molecular weight excluding hydrogens is 212 g/mol. The van der Waals surface area contributed by atoms with Gasteiger partial charge in [0.05, 0.1) is 0 Å². The second-order valence-corrected chi connectivity index (χ2v) is 5.58. The normalized spacial score (nSPS) is 17.5. The van der Waals surface area contributed by atoms with Crippen LogP contribution in [0.4, 0.5) is 0 Å². The highest BCUT2D eigenvalue weighted by atomic mass is 79.9. The van der Waals surface area contributed by atoms with Gasteiger partial charge in [-0.2, -0.15) is 0 Å². The highest BCUT2D eigenvalue weighted by molar-refractivity contribution is 9.09. The van der Waals surface area contributed by atoms with Gasteiger partial charge in [-0.1, -0.05) is 57.0 Å². The van der Waals surface area contributed by atoms with Crippen molar-refractivity contribution in [2.75, 3.05) is 5.33 Å². The number of rotatable bonds is 4. The first-order valence-electron chi connectivity index (χ1n) is 4.97. The van der Waals surface area contributed by atoms with Crippen molar-refractivity contribution >= 4 is 15.9 Å². The third-order valence-electron chi connectivity index (χ3n) is 2.96. The maximum absolute atomic E-state index is 3.57. The summed E-state index contributed by atoms with van der Waals surface area (Å²) in [6.07, 6.45) is 2.65. The van der Waals surface area contributed by atoms with Crippen LogP contribution in [0.5, 0.6) is 0 Å². The molecule has 0 aromatic carbocycles. The summed E-state index contributed by atoms with van der Waals surface area (Å²) in [6.45, 7) is 11.6. The molecule has 0 aromatic heterocycles. The first-order valence-corrected chi connectivity index (χ1v) is 6.09. The summed E-state index contributed by atoms with van der Waals surface area (Å²) in [7, 11) is 0. The number of halogens is 1. The molecule has 0 spiro atoms. The maximum Gasteiger partial charge on any atom is 0.00596 e. The lowest BCUT2D eigenvalue weighted by atomic mass is 9.77. The molecule has 74 valence electrons. The Hall–Kier alpha value is 0.480. The monoisotopic (exact) mass is 234 g/mol. The molecule has 0 aliphatic carbocycles. The van der Waals surface area contributed by atoms with Crippen molar-refractivity contribution in [1.82, 2.24) is 0 Å². The molecule has 2 unspecified atom stereocenters. The summed E-state index contributed by atoms with van der Waals surface area (Å²) in [4.78, 5) is 0. The van der Waals surface area contributed by atoms with Gasteiger partial charge in [0.1, 0.15) is 0 Å². The Morgan fingerprint density at radius 3 is 2.00 bits per heavy atom. The van der Waals surface area contributed by atoms with E-state index in [1.807, 2.05) is 0 Å². The van der Waals surface area contributed by atoms with Crippen molar-refractivity contribution in [3.05, 3.63) is 0 Å². The smallest absolute Gasteiger partial charge is 0.00596 e. The van der Waals surface area contributed by atoms with E-state index >= 15 is 0 Å². The SMILES string of the molecule is CCC(CBr)CC(C)C(C)(C)C. The van der Waals surface area contributed by atoms with Crippen LogP contribution in [0.1, 0.15) is 47.5 Å². The molecule has 0 aliphatic rings. The minimum absolute atomic E-state index is 0.468. The molecule has 0 amide bonds. The molecule has 0 saturated heterocycles. The van der Waals surface area contributed by atoms with Crippen molar-refractivity contribution in [3.8, 4) is 0 Å². The second-order valence-electron chi connectivity index (χ2n) is 4.93. The highest BCUT2D eigenvalue weighted by Crippen LogP contribution is 2.31. The Morgan fingerprint density at radius 1 is 1.25 bits per heavy atom. The Morgan fingerprint density at radius 2 is 1.75 bits per heavy atom. The van der Waals surface area contributed by atoms with Crippen LogP contribution >= 0.6 is 15.9 Å². The zero-order valence-corrected chi connectivity index (χ0v) is 10.7. The van der Waals surface area contributed by atoms with Crippen LogP contribution in [0.25, 0.3) is 0 Å². The van der Waals surface area contributed by atoms with E-state index in [-0.39, 0.29) is 0 Å². The van der Waals surface area contributed by atoms with Gasteiger partial charge in [0.2, 0.25) is 0 Å². The predicted molar refractivity (Wildman–Crippen MR) is 60.8 cm³/mol. The number of alkyl halides is 1. The Labute approximate surface area is 86.3 Å². The molecule has 12 heavy (non-hydrogen) atoms. The van der Waals surface area contributed by atoms with Crippen molar-refractivity contribution < 1.29 is 0 Å². The van der Waals surface area contributed by atoms with Crippen LogP contribution in [0, 0.1) is 17.3 Å². The van der Waals surface area contributed by atoms with Crippen molar-refractivity contribution in [1.29, 1.82) is 0 Å². The van der Waals surface area contributed by atoms with E-state index < -0.39 is 0 Å². The molecule has 0 heterocycles. The van der Waals surface area contributed by atoms with Crippen LogP contribution in [-0.4, -0.2) is 5.33 Å². The molecule has 0 aliphatic heterocycles. The highest BCUT2D eigenvalue weighted by Gasteiger charge is 2.22. The third-order valence-corrected chi connectivity index (χ3v) is 3.88. The minimum atomic E-state index is 0.468. The van der Waals surface area contributed by atoms with Gasteiger partial charge in [-0.05, 0) is 23.7 Å². The molecule has 1 heteroatoms. The molecule has 0 fully saturated rings. The van der Waals surface area contributed by atoms with Crippen LogP contribution < -0.4 is 0 Å². The van der Waals surface area contributed by atoms with Gasteiger partial charge in [-0.3, -0.25) is 0 Å². The third kappa shape index (κ3) is 4.49. The molecular formula is C11H23Br. The lowest BCUT2D eigenvalue weighted by molar-refractivity contribution is 0.219. The molecule has 0 N–H and O–H groups in total. The first-order chi connectivity index (χ1) is 5.41. The molecule has 0 nitrogen and oxygen atoms in total. The maximum atomic E-state index is 3.57. The van der Waals surface area contributed by atoms with Crippen LogP contribution in [0.15, 0.2) is 0 Å².